The maximum absolute atomic E-state index is 9.88. The molecule has 0 bridgehead atoms. The first-order chi connectivity index (χ1) is 12.7. The molecule has 0 saturated carbocycles. The summed E-state index contributed by atoms with van der Waals surface area (Å²) in [6.07, 6.45) is 8.52. The van der Waals surface area contributed by atoms with Gasteiger partial charge in [-0.1, -0.05) is 0 Å². The summed E-state index contributed by atoms with van der Waals surface area (Å²) >= 11 is 0. The second-order valence-corrected chi connectivity index (χ2v) is 7.39. The fraction of sp³-hybridized carbons (Fsp3) is 0.600. The molecule has 4 heterocycles. The van der Waals surface area contributed by atoms with Crippen LogP contribution in [-0.2, 0) is 4.79 Å². The van der Waals surface area contributed by atoms with Crippen LogP contribution in [-0.4, -0.2) is 54.9 Å². The van der Waals surface area contributed by atoms with E-state index in [0.717, 1.165) is 30.9 Å². The van der Waals surface area contributed by atoms with Gasteiger partial charge in [-0.15, -0.1) is 0 Å². The number of aromatic amines is 1. The van der Waals surface area contributed by atoms with E-state index in [9.17, 15) is 4.79 Å². The number of aromatic nitrogens is 2. The number of anilines is 1. The van der Waals surface area contributed by atoms with E-state index >= 15 is 0 Å². The lowest BCUT2D eigenvalue weighted by atomic mass is 9.97. The van der Waals surface area contributed by atoms with Crippen molar-refractivity contribution in [2.75, 3.05) is 39.0 Å². The Labute approximate surface area is 155 Å². The molecule has 0 radical (unpaired) electrons. The van der Waals surface area contributed by atoms with Crippen molar-refractivity contribution in [2.24, 2.45) is 5.92 Å². The molecule has 2 aromatic rings. The van der Waals surface area contributed by atoms with Crippen LogP contribution >= 0.6 is 0 Å². The number of hydrogen-bond donors (Lipinski definition) is 3. The number of rotatable bonds is 6. The summed E-state index contributed by atoms with van der Waals surface area (Å²) in [6.45, 7) is 3.53. The number of unbranched alkanes of at least 4 members (excludes halogenated alkanes) is 1. The summed E-state index contributed by atoms with van der Waals surface area (Å²) in [5.41, 5.74) is 2.48. The van der Waals surface area contributed by atoms with Crippen LogP contribution in [0.5, 0.6) is 0 Å². The second-order valence-electron chi connectivity index (χ2n) is 7.39. The predicted molar refractivity (Wildman–Crippen MR) is 107 cm³/mol. The van der Waals surface area contributed by atoms with Crippen LogP contribution in [0.3, 0.4) is 0 Å². The van der Waals surface area contributed by atoms with Crippen molar-refractivity contribution in [2.45, 2.75) is 38.1 Å². The average molecular weight is 358 g/mol. The van der Waals surface area contributed by atoms with Crippen LogP contribution in [0.4, 0.5) is 5.82 Å². The zero-order valence-corrected chi connectivity index (χ0v) is 15.9. The maximum Gasteiger partial charge on any atom is 0.127 e. The van der Waals surface area contributed by atoms with Gasteiger partial charge in [-0.2, -0.15) is 0 Å². The molecular weight excluding hydrogens is 326 g/mol. The van der Waals surface area contributed by atoms with Gasteiger partial charge in [0, 0.05) is 42.9 Å². The van der Waals surface area contributed by atoms with Crippen molar-refractivity contribution in [3.63, 3.8) is 0 Å². The van der Waals surface area contributed by atoms with Gasteiger partial charge in [0.15, 0.2) is 0 Å². The normalized spacial score (nSPS) is 20.5. The number of nitrogens with one attached hydrogen (secondary N) is 3. The van der Waals surface area contributed by atoms with E-state index in [-0.39, 0.29) is 0 Å². The molecule has 6 nitrogen and oxygen atoms in total. The highest BCUT2D eigenvalue weighted by Gasteiger charge is 2.23. The molecular formula is C20H31N5O. The monoisotopic (exact) mass is 357 g/mol. The Hall–Kier alpha value is -1.92. The highest BCUT2D eigenvalue weighted by atomic mass is 16.1. The number of nitrogens with zero attached hydrogens (tertiary/aromatic N) is 2. The standard InChI is InChI=1S/C13H18N4.C7H13NO/c1-14-13-7-10-9(8-15-13)6-11(16-10)12-4-3-5-17(12)2;9-4-2-1-3-7-5-8-6-7/h6-8,12,16H,3-5H2,1-2H3,(H,14,15);4,7-8H,1-3,5-6H2. The number of carbonyl (C=O) groups is 1. The number of hydrogen-bond acceptors (Lipinski definition) is 5. The molecule has 0 amide bonds. The first-order valence-corrected chi connectivity index (χ1v) is 9.72. The molecule has 26 heavy (non-hydrogen) atoms. The molecule has 2 aromatic heterocycles. The molecule has 1 atom stereocenters. The topological polar surface area (TPSA) is 73.0 Å². The Balaban J connectivity index is 0.000000185. The van der Waals surface area contributed by atoms with E-state index < -0.39 is 0 Å². The fourth-order valence-electron chi connectivity index (χ4n) is 3.71. The average Bonchev–Trinajstić information content (AvgIpc) is 3.22. The first-order valence-electron chi connectivity index (χ1n) is 9.72. The smallest absolute Gasteiger partial charge is 0.127 e. The predicted octanol–water partition coefficient (Wildman–Crippen LogP) is 2.95. The molecule has 0 aromatic carbocycles. The number of pyridine rings is 1. The Bertz CT molecular complexity index is 709. The summed E-state index contributed by atoms with van der Waals surface area (Å²) in [5.74, 6) is 1.77. The lowest BCUT2D eigenvalue weighted by Crippen LogP contribution is -2.41. The molecule has 2 aliphatic heterocycles. The van der Waals surface area contributed by atoms with Gasteiger partial charge in [0.1, 0.15) is 12.1 Å². The Morgan fingerprint density at radius 3 is 2.85 bits per heavy atom. The van der Waals surface area contributed by atoms with Gasteiger partial charge in [0.05, 0.1) is 5.52 Å². The summed E-state index contributed by atoms with van der Waals surface area (Å²) in [5, 5.41) is 7.46. The van der Waals surface area contributed by atoms with Crippen LogP contribution < -0.4 is 10.6 Å². The van der Waals surface area contributed by atoms with Gasteiger partial charge in [0.25, 0.3) is 0 Å². The van der Waals surface area contributed by atoms with Gasteiger partial charge in [-0.05, 0) is 64.3 Å². The molecule has 2 fully saturated rings. The minimum Gasteiger partial charge on any atom is -0.373 e. The second kappa shape index (κ2) is 9.14. The van der Waals surface area contributed by atoms with E-state index in [1.165, 1.54) is 55.5 Å². The Kier molecular flexibility index (Phi) is 6.63. The molecule has 2 aliphatic rings. The fourth-order valence-corrected chi connectivity index (χ4v) is 3.71. The van der Waals surface area contributed by atoms with Gasteiger partial charge in [-0.25, -0.2) is 4.98 Å². The lowest BCUT2D eigenvalue weighted by molar-refractivity contribution is -0.108. The zero-order valence-electron chi connectivity index (χ0n) is 15.9. The van der Waals surface area contributed by atoms with E-state index in [0.29, 0.717) is 6.04 Å². The summed E-state index contributed by atoms with van der Waals surface area (Å²) in [7, 11) is 4.09. The van der Waals surface area contributed by atoms with Gasteiger partial charge >= 0.3 is 0 Å². The molecule has 0 spiro atoms. The third-order valence-electron chi connectivity index (χ3n) is 5.46. The van der Waals surface area contributed by atoms with E-state index in [1.807, 2.05) is 13.2 Å². The van der Waals surface area contributed by atoms with Gasteiger partial charge in [-0.3, -0.25) is 4.90 Å². The van der Waals surface area contributed by atoms with Gasteiger partial charge in [0.2, 0.25) is 0 Å². The van der Waals surface area contributed by atoms with Crippen molar-refractivity contribution in [1.29, 1.82) is 0 Å². The minimum atomic E-state index is 0.542. The maximum atomic E-state index is 9.88. The van der Waals surface area contributed by atoms with Crippen LogP contribution in [0.25, 0.3) is 10.9 Å². The molecule has 142 valence electrons. The summed E-state index contributed by atoms with van der Waals surface area (Å²) in [6, 6.07) is 4.84. The third-order valence-corrected chi connectivity index (χ3v) is 5.46. The molecule has 0 aliphatic carbocycles. The first kappa shape index (κ1) is 18.9. The van der Waals surface area contributed by atoms with Crippen molar-refractivity contribution in [3.8, 4) is 0 Å². The molecule has 2 saturated heterocycles. The quantitative estimate of drug-likeness (QED) is 0.548. The largest absolute Gasteiger partial charge is 0.373 e. The highest BCUT2D eigenvalue weighted by Crippen LogP contribution is 2.31. The SMILES string of the molecule is CNc1cc2[nH]c(C3CCCN3C)cc2cn1.O=CCCCC1CNC1. The molecule has 1 unspecified atom stereocenters. The van der Waals surface area contributed by atoms with Crippen LogP contribution in [0.2, 0.25) is 0 Å². The van der Waals surface area contributed by atoms with Crippen molar-refractivity contribution >= 4 is 23.0 Å². The van der Waals surface area contributed by atoms with Crippen LogP contribution in [0.15, 0.2) is 18.3 Å². The molecule has 4 rings (SSSR count). The van der Waals surface area contributed by atoms with E-state index in [1.54, 1.807) is 0 Å². The molecule has 6 heteroatoms. The highest BCUT2D eigenvalue weighted by molar-refractivity contribution is 5.81. The van der Waals surface area contributed by atoms with E-state index in [4.69, 9.17) is 0 Å². The summed E-state index contributed by atoms with van der Waals surface area (Å²) in [4.78, 5) is 20.2. The summed E-state index contributed by atoms with van der Waals surface area (Å²) < 4.78 is 0. The Morgan fingerprint density at radius 2 is 2.23 bits per heavy atom. The third kappa shape index (κ3) is 4.62. The van der Waals surface area contributed by atoms with E-state index in [2.05, 4.69) is 44.7 Å². The number of aldehydes is 1. The van der Waals surface area contributed by atoms with Crippen molar-refractivity contribution in [3.05, 3.63) is 24.0 Å². The number of carbonyl (C=O) groups excluding carboxylic acids is 1. The number of likely N-dealkylation sites (tertiary alicyclic amines) is 1. The number of H-pyrrole nitrogens is 1. The number of fused-ring (bicyclic) bond motifs is 1. The van der Waals surface area contributed by atoms with Crippen LogP contribution in [0.1, 0.15) is 43.8 Å². The van der Waals surface area contributed by atoms with Gasteiger partial charge < -0.3 is 20.4 Å². The van der Waals surface area contributed by atoms with Crippen molar-refractivity contribution in [1.82, 2.24) is 20.2 Å². The van der Waals surface area contributed by atoms with Crippen molar-refractivity contribution < 1.29 is 4.79 Å². The lowest BCUT2D eigenvalue weighted by Gasteiger charge is -2.26. The Morgan fingerprint density at radius 1 is 1.38 bits per heavy atom. The zero-order chi connectivity index (χ0) is 18.4. The molecule has 3 N–H and O–H groups in total. The minimum absolute atomic E-state index is 0.542. The van der Waals surface area contributed by atoms with Crippen LogP contribution in [0, 0.1) is 5.92 Å².